The van der Waals surface area contributed by atoms with Gasteiger partial charge in [-0.15, -0.1) is 0 Å². The molecule has 2 atom stereocenters. The molecule has 0 aromatic heterocycles. The predicted octanol–water partition coefficient (Wildman–Crippen LogP) is 1.42. The SMILES string of the molecule is FC1CN2CCCC2(COS)C1. The van der Waals surface area contributed by atoms with E-state index in [2.05, 4.69) is 17.8 Å². The highest BCUT2D eigenvalue weighted by molar-refractivity contribution is 7.75. The molecule has 0 spiro atoms. The number of rotatable bonds is 2. The Kier molecular flexibility index (Phi) is 2.31. The average Bonchev–Trinajstić information content (AvgIpc) is 2.44. The number of thiol groups is 1. The fourth-order valence-electron chi connectivity index (χ4n) is 2.57. The third-order valence-corrected chi connectivity index (χ3v) is 3.22. The highest BCUT2D eigenvalue weighted by Gasteiger charge is 2.48. The van der Waals surface area contributed by atoms with Crippen LogP contribution in [0.15, 0.2) is 0 Å². The fourth-order valence-corrected chi connectivity index (χ4v) is 2.81. The summed E-state index contributed by atoms with van der Waals surface area (Å²) in [5, 5.41) is 0. The average molecular weight is 191 g/mol. The molecule has 0 aliphatic carbocycles. The minimum atomic E-state index is -0.659. The summed E-state index contributed by atoms with van der Waals surface area (Å²) in [5.41, 5.74) is -0.0127. The molecule has 2 nitrogen and oxygen atoms in total. The molecule has 0 aromatic rings. The normalized spacial score (nSPS) is 42.0. The third kappa shape index (κ3) is 1.26. The van der Waals surface area contributed by atoms with Crippen LogP contribution in [0.2, 0.25) is 0 Å². The summed E-state index contributed by atoms with van der Waals surface area (Å²) in [6.07, 6.45) is 2.21. The Labute approximate surface area is 77.7 Å². The van der Waals surface area contributed by atoms with Crippen LogP contribution in [-0.2, 0) is 4.18 Å². The first kappa shape index (κ1) is 8.78. The number of hydrogen-bond acceptors (Lipinski definition) is 3. The number of hydrogen-bond donors (Lipinski definition) is 1. The summed E-state index contributed by atoms with van der Waals surface area (Å²) < 4.78 is 18.0. The van der Waals surface area contributed by atoms with E-state index in [1.54, 1.807) is 0 Å². The number of fused-ring (bicyclic) bond motifs is 1. The summed E-state index contributed by atoms with van der Waals surface area (Å²) in [6, 6.07) is 0. The highest BCUT2D eigenvalue weighted by atomic mass is 32.1. The van der Waals surface area contributed by atoms with Gasteiger partial charge in [0.2, 0.25) is 0 Å². The summed E-state index contributed by atoms with van der Waals surface area (Å²) in [7, 11) is 0. The van der Waals surface area contributed by atoms with Crippen molar-refractivity contribution in [2.75, 3.05) is 19.7 Å². The van der Waals surface area contributed by atoms with Crippen molar-refractivity contribution < 1.29 is 8.57 Å². The first-order chi connectivity index (χ1) is 5.77. The maximum atomic E-state index is 13.1. The van der Waals surface area contributed by atoms with E-state index in [1.807, 2.05) is 0 Å². The van der Waals surface area contributed by atoms with E-state index in [9.17, 15) is 4.39 Å². The molecule has 2 rings (SSSR count). The van der Waals surface area contributed by atoms with Gasteiger partial charge in [-0.25, -0.2) is 4.39 Å². The lowest BCUT2D eigenvalue weighted by molar-refractivity contribution is 0.128. The van der Waals surface area contributed by atoms with Crippen LogP contribution in [0.4, 0.5) is 4.39 Å². The first-order valence-corrected chi connectivity index (χ1v) is 4.79. The van der Waals surface area contributed by atoms with Crippen LogP contribution in [0.5, 0.6) is 0 Å². The van der Waals surface area contributed by atoms with Gasteiger partial charge < -0.3 is 4.18 Å². The minimum Gasteiger partial charge on any atom is -0.317 e. The van der Waals surface area contributed by atoms with Crippen molar-refractivity contribution in [2.24, 2.45) is 0 Å². The van der Waals surface area contributed by atoms with Crippen LogP contribution in [0.3, 0.4) is 0 Å². The second-order valence-electron chi connectivity index (χ2n) is 3.85. The highest BCUT2D eigenvalue weighted by Crippen LogP contribution is 2.40. The van der Waals surface area contributed by atoms with Gasteiger partial charge in [0.25, 0.3) is 0 Å². The Hall–Kier alpha value is 0.200. The molecule has 0 saturated carbocycles. The molecular formula is C8H14FNOS. The second-order valence-corrected chi connectivity index (χ2v) is 4.11. The van der Waals surface area contributed by atoms with Crippen LogP contribution in [0.25, 0.3) is 0 Å². The molecule has 12 heavy (non-hydrogen) atoms. The zero-order valence-corrected chi connectivity index (χ0v) is 7.90. The van der Waals surface area contributed by atoms with Crippen molar-refractivity contribution in [3.05, 3.63) is 0 Å². The van der Waals surface area contributed by atoms with Gasteiger partial charge >= 0.3 is 0 Å². The molecule has 2 aliphatic rings. The second kappa shape index (κ2) is 3.16. The third-order valence-electron chi connectivity index (χ3n) is 3.09. The minimum absolute atomic E-state index is 0.0127. The molecule has 2 fully saturated rings. The van der Waals surface area contributed by atoms with Crippen molar-refractivity contribution >= 4 is 12.9 Å². The molecule has 0 radical (unpaired) electrons. The largest absolute Gasteiger partial charge is 0.317 e. The molecule has 0 amide bonds. The monoisotopic (exact) mass is 191 g/mol. The quantitative estimate of drug-likeness (QED) is 0.523. The maximum absolute atomic E-state index is 13.1. The fraction of sp³-hybridized carbons (Fsp3) is 1.00. The number of halogens is 1. The Morgan fingerprint density at radius 1 is 1.67 bits per heavy atom. The Morgan fingerprint density at radius 3 is 3.25 bits per heavy atom. The van der Waals surface area contributed by atoms with E-state index in [-0.39, 0.29) is 5.54 Å². The molecule has 0 bridgehead atoms. The molecule has 0 aromatic carbocycles. The zero-order valence-electron chi connectivity index (χ0n) is 7.00. The predicted molar refractivity (Wildman–Crippen MR) is 48.0 cm³/mol. The van der Waals surface area contributed by atoms with Gasteiger partial charge in [0, 0.05) is 18.5 Å². The van der Waals surface area contributed by atoms with E-state index in [0.29, 0.717) is 19.6 Å². The summed E-state index contributed by atoms with van der Waals surface area (Å²) in [6.45, 7) is 2.19. The molecular weight excluding hydrogens is 177 g/mol. The topological polar surface area (TPSA) is 12.5 Å². The Balaban J connectivity index is 2.09. The van der Waals surface area contributed by atoms with Crippen LogP contribution in [0.1, 0.15) is 19.3 Å². The van der Waals surface area contributed by atoms with Crippen molar-refractivity contribution in [1.82, 2.24) is 4.90 Å². The summed E-state index contributed by atoms with van der Waals surface area (Å²) in [4.78, 5) is 2.22. The Bertz CT molecular complexity index is 180. The van der Waals surface area contributed by atoms with Crippen molar-refractivity contribution in [2.45, 2.75) is 31.0 Å². The van der Waals surface area contributed by atoms with Crippen LogP contribution < -0.4 is 0 Å². The van der Waals surface area contributed by atoms with Gasteiger partial charge in [0.05, 0.1) is 6.61 Å². The molecule has 0 N–H and O–H groups in total. The van der Waals surface area contributed by atoms with E-state index >= 15 is 0 Å². The lowest BCUT2D eigenvalue weighted by Gasteiger charge is -2.29. The molecule has 70 valence electrons. The van der Waals surface area contributed by atoms with E-state index in [1.165, 1.54) is 6.42 Å². The summed E-state index contributed by atoms with van der Waals surface area (Å²) >= 11 is 3.75. The lowest BCUT2D eigenvalue weighted by Crippen LogP contribution is -2.41. The van der Waals surface area contributed by atoms with Crippen molar-refractivity contribution in [3.8, 4) is 0 Å². The smallest absolute Gasteiger partial charge is 0.115 e. The standard InChI is InChI=1S/C8H14FNOS/c9-7-4-8(6-11-12)2-1-3-10(8)5-7/h7,12H,1-6H2. The molecule has 2 aliphatic heterocycles. The maximum Gasteiger partial charge on any atom is 0.115 e. The van der Waals surface area contributed by atoms with Crippen LogP contribution >= 0.6 is 12.9 Å². The van der Waals surface area contributed by atoms with Crippen molar-refractivity contribution in [1.29, 1.82) is 0 Å². The lowest BCUT2D eigenvalue weighted by atomic mass is 9.95. The van der Waals surface area contributed by atoms with Crippen LogP contribution in [0, 0.1) is 0 Å². The van der Waals surface area contributed by atoms with Gasteiger partial charge in [-0.1, -0.05) is 0 Å². The van der Waals surface area contributed by atoms with E-state index in [0.717, 1.165) is 13.0 Å². The van der Waals surface area contributed by atoms with E-state index < -0.39 is 6.17 Å². The molecule has 2 unspecified atom stereocenters. The zero-order chi connectivity index (χ0) is 8.60. The molecule has 2 heterocycles. The van der Waals surface area contributed by atoms with E-state index in [4.69, 9.17) is 4.18 Å². The Morgan fingerprint density at radius 2 is 2.50 bits per heavy atom. The van der Waals surface area contributed by atoms with Crippen molar-refractivity contribution in [3.63, 3.8) is 0 Å². The van der Waals surface area contributed by atoms with Gasteiger partial charge in [-0.2, -0.15) is 0 Å². The summed E-state index contributed by atoms with van der Waals surface area (Å²) in [5.74, 6) is 0. The van der Waals surface area contributed by atoms with Gasteiger partial charge in [0.15, 0.2) is 0 Å². The number of nitrogens with zero attached hydrogens (tertiary/aromatic N) is 1. The van der Waals surface area contributed by atoms with Gasteiger partial charge in [-0.3, -0.25) is 4.90 Å². The molecule has 4 heteroatoms. The number of alkyl halides is 1. The van der Waals surface area contributed by atoms with Gasteiger partial charge in [0.1, 0.15) is 6.17 Å². The van der Waals surface area contributed by atoms with Gasteiger partial charge in [-0.05, 0) is 32.3 Å². The van der Waals surface area contributed by atoms with Crippen LogP contribution in [-0.4, -0.2) is 36.3 Å². The first-order valence-electron chi connectivity index (χ1n) is 4.42. The molecule has 2 saturated heterocycles.